The van der Waals surface area contributed by atoms with Gasteiger partial charge < -0.3 is 0 Å². The molecule has 0 heterocycles. The fourth-order valence-corrected chi connectivity index (χ4v) is 6.67. The lowest BCUT2D eigenvalue weighted by Gasteiger charge is -2.20. The summed E-state index contributed by atoms with van der Waals surface area (Å²) in [4.78, 5) is 0. The van der Waals surface area contributed by atoms with Gasteiger partial charge in [0.25, 0.3) is 0 Å². The Morgan fingerprint density at radius 2 is 0.864 bits per heavy atom. The van der Waals surface area contributed by atoms with Crippen molar-refractivity contribution in [2.75, 3.05) is 0 Å². The fraction of sp³-hybridized carbons (Fsp3) is 0. The summed E-state index contributed by atoms with van der Waals surface area (Å²) in [5.41, 5.74) is 3.68. The second-order valence-corrected chi connectivity index (χ2v) is 11.1. The first kappa shape index (κ1) is 18.1. The molecule has 9 aromatic carbocycles. The Bertz CT molecular complexity index is 2920. The molecule has 9 rings (SSSR count). The maximum Gasteiger partial charge on any atom is 0.0629 e. The van der Waals surface area contributed by atoms with Gasteiger partial charge >= 0.3 is 0 Å². The highest BCUT2D eigenvalue weighted by Crippen LogP contribution is 2.46. The van der Waals surface area contributed by atoms with Gasteiger partial charge in [-0.25, -0.2) is 0 Å². The van der Waals surface area contributed by atoms with Crippen LogP contribution in [-0.2, 0) is 0 Å². The molecule has 0 nitrogen and oxygen atoms in total. The molecular formula is C44H28. The van der Waals surface area contributed by atoms with Crippen LogP contribution in [0.25, 0.3) is 87.2 Å². The zero-order chi connectivity index (χ0) is 36.0. The Morgan fingerprint density at radius 1 is 0.318 bits per heavy atom. The molecule has 0 saturated heterocycles. The Balaban J connectivity index is 1.51. The average Bonchev–Trinajstić information content (AvgIpc) is 3.19. The second kappa shape index (κ2) is 9.93. The highest BCUT2D eigenvalue weighted by molar-refractivity contribution is 6.25. The molecule has 0 unspecified atom stereocenters. The van der Waals surface area contributed by atoms with Crippen LogP contribution in [0.15, 0.2) is 170 Å². The van der Waals surface area contributed by atoms with E-state index >= 15 is 0 Å². The van der Waals surface area contributed by atoms with Gasteiger partial charge in [-0.15, -0.1) is 0 Å². The van der Waals surface area contributed by atoms with Crippen LogP contribution in [0.4, 0.5) is 0 Å². The molecule has 0 aliphatic heterocycles. The van der Waals surface area contributed by atoms with Gasteiger partial charge in [-0.3, -0.25) is 0 Å². The molecule has 44 heavy (non-hydrogen) atoms. The van der Waals surface area contributed by atoms with Crippen molar-refractivity contribution in [2.45, 2.75) is 0 Å². The van der Waals surface area contributed by atoms with Crippen molar-refractivity contribution in [2.24, 2.45) is 0 Å². The highest BCUT2D eigenvalue weighted by atomic mass is 14.2. The molecule has 0 radical (unpaired) electrons. The number of benzene rings is 9. The number of hydrogen-bond donors (Lipinski definition) is 0. The molecule has 0 aliphatic rings. The summed E-state index contributed by atoms with van der Waals surface area (Å²) in [6.07, 6.45) is 0. The van der Waals surface area contributed by atoms with E-state index in [9.17, 15) is 5.48 Å². The monoisotopic (exact) mass is 564 g/mol. The van der Waals surface area contributed by atoms with Crippen LogP contribution >= 0.6 is 0 Å². The molecule has 0 fully saturated rings. The van der Waals surface area contributed by atoms with E-state index in [1.54, 1.807) is 0 Å². The minimum absolute atomic E-state index is 0.200. The van der Waals surface area contributed by atoms with Gasteiger partial charge in [0.1, 0.15) is 0 Å². The summed E-state index contributed by atoms with van der Waals surface area (Å²) in [6.45, 7) is 0. The summed E-state index contributed by atoms with van der Waals surface area (Å²) in [7, 11) is 0. The largest absolute Gasteiger partial charge is 0.0629 e. The maximum atomic E-state index is 9.41. The van der Waals surface area contributed by atoms with Crippen LogP contribution in [0.5, 0.6) is 0 Å². The summed E-state index contributed by atoms with van der Waals surface area (Å²) in [6, 6.07) is 36.8. The van der Waals surface area contributed by atoms with Crippen molar-refractivity contribution in [3.05, 3.63) is 170 Å². The maximum absolute atomic E-state index is 9.41. The predicted molar refractivity (Wildman–Crippen MR) is 190 cm³/mol. The van der Waals surface area contributed by atoms with Crippen molar-refractivity contribution in [3.8, 4) is 33.4 Å². The normalized spacial score (nSPS) is 14.2. The molecule has 0 aliphatic carbocycles. The zero-order valence-corrected chi connectivity index (χ0v) is 23.5. The highest BCUT2D eigenvalue weighted by Gasteiger charge is 2.19. The van der Waals surface area contributed by atoms with Gasteiger partial charge in [-0.05, 0) is 105 Å². The van der Waals surface area contributed by atoms with Gasteiger partial charge in [0.15, 0.2) is 0 Å². The minimum Gasteiger partial charge on any atom is -0.0616 e. The number of fused-ring (bicyclic) bond motifs is 6. The molecule has 0 saturated carbocycles. The van der Waals surface area contributed by atoms with E-state index in [1.807, 2.05) is 103 Å². The third-order valence-corrected chi connectivity index (χ3v) is 8.65. The molecule has 0 bridgehead atoms. The average molecular weight is 565 g/mol. The van der Waals surface area contributed by atoms with Crippen LogP contribution < -0.4 is 0 Å². The van der Waals surface area contributed by atoms with Crippen molar-refractivity contribution >= 4 is 53.9 Å². The van der Waals surface area contributed by atoms with Crippen LogP contribution in [0.1, 0.15) is 11.0 Å². The van der Waals surface area contributed by atoms with Crippen molar-refractivity contribution in [1.29, 1.82) is 0 Å². The lowest BCUT2D eigenvalue weighted by atomic mass is 9.83. The van der Waals surface area contributed by atoms with Gasteiger partial charge in [-0.2, -0.15) is 0 Å². The van der Waals surface area contributed by atoms with E-state index in [2.05, 4.69) is 18.2 Å². The smallest absolute Gasteiger partial charge is 0.0616 e. The Morgan fingerprint density at radius 3 is 1.59 bits per heavy atom. The first-order valence-corrected chi connectivity index (χ1v) is 14.6. The number of rotatable bonds is 3. The van der Waals surface area contributed by atoms with Gasteiger partial charge in [0, 0.05) is 0 Å². The Kier molecular flexibility index (Phi) is 4.08. The molecule has 0 spiro atoms. The van der Waals surface area contributed by atoms with Gasteiger partial charge in [0.2, 0.25) is 0 Å². The molecule has 204 valence electrons. The third kappa shape index (κ3) is 3.85. The first-order chi connectivity index (χ1) is 25.2. The van der Waals surface area contributed by atoms with Gasteiger partial charge in [0.05, 0.1) is 11.0 Å². The molecule has 9 aromatic rings. The molecule has 0 N–H and O–H groups in total. The van der Waals surface area contributed by atoms with E-state index in [4.69, 9.17) is 5.48 Å². The van der Waals surface area contributed by atoms with Crippen LogP contribution in [-0.4, -0.2) is 0 Å². The molecule has 0 heteroatoms. The predicted octanol–water partition coefficient (Wildman–Crippen LogP) is 12.5. The summed E-state index contributed by atoms with van der Waals surface area (Å²) < 4.78 is 72.9. The zero-order valence-electron chi connectivity index (χ0n) is 31.5. The van der Waals surface area contributed by atoms with Crippen LogP contribution in [0, 0.1) is 0 Å². The SMILES string of the molecule is [2H]c1c([2H])c([2H])c2c(-c3cc4ccccc4c4ccccc34)c3c([2H])c([2H])c([2H])c([2H])c3c(-c3cccc(-c4ccc5ccccc5c4)c3)c2c1[2H]. The van der Waals surface area contributed by atoms with Crippen LogP contribution in [0.2, 0.25) is 0 Å². The Hall–Kier alpha value is -5.72. The molecule has 0 atom stereocenters. The fourth-order valence-electron chi connectivity index (χ4n) is 6.67. The standard InChI is InChI=1S/C44H28/c1-2-13-30-26-32(25-24-29(30)12-1)31-15-11-16-34(27-31)43-38-20-7-9-22-40(38)44(41-23-10-8-21-39(41)43)42-28-33-14-3-4-17-35(33)36-18-5-6-19-37(36)42/h1-28H/i7D,8D,9D,10D,20D,21D,22D,23D. The summed E-state index contributed by atoms with van der Waals surface area (Å²) in [5, 5.41) is 6.59. The number of hydrogen-bond acceptors (Lipinski definition) is 0. The topological polar surface area (TPSA) is 0 Å². The summed E-state index contributed by atoms with van der Waals surface area (Å²) in [5.74, 6) is 0. The minimum atomic E-state index is -0.418. The van der Waals surface area contributed by atoms with Crippen molar-refractivity contribution in [1.82, 2.24) is 0 Å². The van der Waals surface area contributed by atoms with E-state index in [-0.39, 0.29) is 45.7 Å². The van der Waals surface area contributed by atoms with Crippen LogP contribution in [0.3, 0.4) is 0 Å². The molecular weight excluding hydrogens is 528 g/mol. The van der Waals surface area contributed by atoms with E-state index < -0.39 is 24.2 Å². The molecule has 0 amide bonds. The Labute approximate surface area is 267 Å². The first-order valence-electron chi connectivity index (χ1n) is 18.6. The van der Waals surface area contributed by atoms with E-state index in [0.29, 0.717) is 22.3 Å². The molecule has 0 aromatic heterocycles. The third-order valence-electron chi connectivity index (χ3n) is 8.65. The lowest BCUT2D eigenvalue weighted by Crippen LogP contribution is -1.92. The lowest BCUT2D eigenvalue weighted by molar-refractivity contribution is 1.63. The van der Waals surface area contributed by atoms with Crippen molar-refractivity contribution in [3.63, 3.8) is 0 Å². The quantitative estimate of drug-likeness (QED) is 0.148. The van der Waals surface area contributed by atoms with E-state index in [1.165, 1.54) is 0 Å². The van der Waals surface area contributed by atoms with E-state index in [0.717, 1.165) is 43.4 Å². The second-order valence-electron chi connectivity index (χ2n) is 11.1. The van der Waals surface area contributed by atoms with Crippen molar-refractivity contribution < 1.29 is 11.0 Å². The van der Waals surface area contributed by atoms with Gasteiger partial charge in [-0.1, -0.05) is 151 Å². The summed E-state index contributed by atoms with van der Waals surface area (Å²) >= 11 is 0.